The van der Waals surface area contributed by atoms with E-state index in [1.807, 2.05) is 0 Å². The molecule has 0 saturated heterocycles. The van der Waals surface area contributed by atoms with Crippen LogP contribution in [0.4, 0.5) is 10.5 Å². The van der Waals surface area contributed by atoms with E-state index in [-0.39, 0.29) is 5.56 Å². The first-order valence-electron chi connectivity index (χ1n) is 6.84. The zero-order valence-corrected chi connectivity index (χ0v) is 13.1. The van der Waals surface area contributed by atoms with Crippen molar-refractivity contribution in [1.82, 2.24) is 5.32 Å². The number of hydrogen-bond acceptors (Lipinski definition) is 3. The van der Waals surface area contributed by atoms with E-state index in [2.05, 4.69) is 10.6 Å². The molecule has 0 bridgehead atoms. The number of hydrogen-bond donors (Lipinski definition) is 3. The van der Waals surface area contributed by atoms with Crippen LogP contribution in [0, 0.1) is 0 Å². The lowest BCUT2D eigenvalue weighted by Gasteiger charge is -2.17. The highest BCUT2D eigenvalue weighted by Gasteiger charge is 2.12. The second-order valence-electron chi connectivity index (χ2n) is 4.72. The average Bonchev–Trinajstić information content (AvgIpc) is 2.49. The van der Waals surface area contributed by atoms with E-state index in [9.17, 15) is 9.59 Å². The lowest BCUT2D eigenvalue weighted by Crippen LogP contribution is -2.39. The third-order valence-corrected chi connectivity index (χ3v) is 3.15. The van der Waals surface area contributed by atoms with E-state index in [4.69, 9.17) is 22.1 Å². The van der Waals surface area contributed by atoms with Gasteiger partial charge in [0.2, 0.25) is 0 Å². The molecule has 0 radical (unpaired) electrons. The first-order chi connectivity index (χ1) is 11.0. The van der Waals surface area contributed by atoms with Gasteiger partial charge in [0.25, 0.3) is 5.91 Å². The number of carbonyl (C=O) groups excluding carboxylic acids is 2. The van der Waals surface area contributed by atoms with E-state index in [0.29, 0.717) is 16.5 Å². The number of rotatable bonds is 5. The molecular formula is C16H16ClN3O3. The molecule has 0 heterocycles. The molecule has 0 aliphatic heterocycles. The van der Waals surface area contributed by atoms with Gasteiger partial charge in [-0.3, -0.25) is 4.79 Å². The number of anilines is 1. The van der Waals surface area contributed by atoms with Crippen LogP contribution in [0.3, 0.4) is 0 Å². The van der Waals surface area contributed by atoms with Crippen molar-refractivity contribution in [2.75, 3.05) is 5.32 Å². The average molecular weight is 334 g/mol. The molecule has 0 aliphatic carbocycles. The Bertz CT molecular complexity index is 704. The maximum atomic E-state index is 12.0. The van der Waals surface area contributed by atoms with Crippen LogP contribution in [0.5, 0.6) is 5.75 Å². The molecule has 1 atom stereocenters. The molecule has 4 N–H and O–H groups in total. The number of primary amides is 1. The Morgan fingerprint density at radius 2 is 1.78 bits per heavy atom. The smallest absolute Gasteiger partial charge is 0.322 e. The van der Waals surface area contributed by atoms with Crippen molar-refractivity contribution < 1.29 is 14.3 Å². The highest BCUT2D eigenvalue weighted by atomic mass is 35.5. The molecule has 6 nitrogen and oxygen atoms in total. The van der Waals surface area contributed by atoms with Crippen LogP contribution in [0.2, 0.25) is 5.02 Å². The standard InChI is InChI=1S/C16H16ClN3O3/c1-10(23-12-8-6-11(17)7-9-12)19-16(22)20-14-5-3-2-4-13(14)15(18)21/h2-10H,1H3,(H2,18,21)(H2,19,20,22). The lowest BCUT2D eigenvalue weighted by atomic mass is 10.1. The summed E-state index contributed by atoms with van der Waals surface area (Å²) in [5.74, 6) is -0.0499. The van der Waals surface area contributed by atoms with Crippen LogP contribution in [0.25, 0.3) is 0 Å². The zero-order chi connectivity index (χ0) is 16.8. The minimum atomic E-state index is -0.619. The number of benzene rings is 2. The predicted molar refractivity (Wildman–Crippen MR) is 88.7 cm³/mol. The van der Waals surface area contributed by atoms with E-state index in [1.54, 1.807) is 49.4 Å². The fourth-order valence-corrected chi connectivity index (χ4v) is 2.02. The molecule has 0 saturated carbocycles. The van der Waals surface area contributed by atoms with Gasteiger partial charge in [-0.1, -0.05) is 23.7 Å². The molecule has 120 valence electrons. The quantitative estimate of drug-likeness (QED) is 0.734. The summed E-state index contributed by atoms with van der Waals surface area (Å²) >= 11 is 5.79. The van der Waals surface area contributed by atoms with Crippen LogP contribution in [-0.2, 0) is 0 Å². The van der Waals surface area contributed by atoms with Crippen molar-refractivity contribution in [3.63, 3.8) is 0 Å². The Kier molecular flexibility index (Phi) is 5.43. The van der Waals surface area contributed by atoms with Gasteiger partial charge in [0.1, 0.15) is 5.75 Å². The minimum Gasteiger partial charge on any atom is -0.471 e. The number of halogens is 1. The second kappa shape index (κ2) is 7.51. The summed E-state index contributed by atoms with van der Waals surface area (Å²) < 4.78 is 5.53. The van der Waals surface area contributed by atoms with Crippen molar-refractivity contribution in [3.05, 3.63) is 59.1 Å². The van der Waals surface area contributed by atoms with Gasteiger partial charge >= 0.3 is 6.03 Å². The molecule has 1 unspecified atom stereocenters. The van der Waals surface area contributed by atoms with Crippen molar-refractivity contribution in [2.24, 2.45) is 5.73 Å². The van der Waals surface area contributed by atoms with Crippen LogP contribution in [0.15, 0.2) is 48.5 Å². The topological polar surface area (TPSA) is 93.5 Å². The molecule has 0 spiro atoms. The van der Waals surface area contributed by atoms with Gasteiger partial charge in [-0.05, 0) is 43.3 Å². The molecule has 0 aliphatic rings. The molecule has 0 fully saturated rings. The number of urea groups is 1. The molecule has 3 amide bonds. The Morgan fingerprint density at radius 1 is 1.13 bits per heavy atom. The summed E-state index contributed by atoms with van der Waals surface area (Å²) in [5.41, 5.74) is 5.82. The maximum Gasteiger partial charge on any atom is 0.322 e. The van der Waals surface area contributed by atoms with E-state index < -0.39 is 18.2 Å². The van der Waals surface area contributed by atoms with Gasteiger partial charge in [0.05, 0.1) is 11.3 Å². The van der Waals surface area contributed by atoms with Gasteiger partial charge in [-0.25, -0.2) is 4.79 Å². The van der Waals surface area contributed by atoms with Crippen molar-refractivity contribution in [3.8, 4) is 5.75 Å². The van der Waals surface area contributed by atoms with Crippen LogP contribution in [-0.4, -0.2) is 18.2 Å². The summed E-state index contributed by atoms with van der Waals surface area (Å²) in [7, 11) is 0. The van der Waals surface area contributed by atoms with E-state index in [1.165, 1.54) is 6.07 Å². The Hall–Kier alpha value is -2.73. The number of carbonyl (C=O) groups is 2. The van der Waals surface area contributed by atoms with Crippen molar-refractivity contribution in [2.45, 2.75) is 13.2 Å². The minimum absolute atomic E-state index is 0.230. The lowest BCUT2D eigenvalue weighted by molar-refractivity contribution is 0.100. The highest BCUT2D eigenvalue weighted by Crippen LogP contribution is 2.17. The van der Waals surface area contributed by atoms with Gasteiger partial charge in [0.15, 0.2) is 6.23 Å². The summed E-state index contributed by atoms with van der Waals surface area (Å²) in [6, 6.07) is 12.7. The zero-order valence-electron chi connectivity index (χ0n) is 12.4. The number of para-hydroxylation sites is 1. The highest BCUT2D eigenvalue weighted by molar-refractivity contribution is 6.30. The van der Waals surface area contributed by atoms with Gasteiger partial charge in [-0.2, -0.15) is 0 Å². The Morgan fingerprint density at radius 3 is 2.43 bits per heavy atom. The SMILES string of the molecule is CC(NC(=O)Nc1ccccc1C(N)=O)Oc1ccc(Cl)cc1. The number of nitrogens with one attached hydrogen (secondary N) is 2. The molecule has 2 rings (SSSR count). The number of ether oxygens (including phenoxy) is 1. The molecule has 2 aromatic carbocycles. The Labute approximate surface area is 138 Å². The molecular weight excluding hydrogens is 318 g/mol. The summed E-state index contributed by atoms with van der Waals surface area (Å²) in [4.78, 5) is 23.3. The van der Waals surface area contributed by atoms with Crippen LogP contribution >= 0.6 is 11.6 Å². The third-order valence-electron chi connectivity index (χ3n) is 2.90. The fourth-order valence-electron chi connectivity index (χ4n) is 1.90. The summed E-state index contributed by atoms with van der Waals surface area (Å²) in [6.07, 6.45) is -0.586. The van der Waals surface area contributed by atoms with E-state index >= 15 is 0 Å². The molecule has 0 aromatic heterocycles. The molecule has 23 heavy (non-hydrogen) atoms. The summed E-state index contributed by atoms with van der Waals surface area (Å²) in [6.45, 7) is 1.67. The fraction of sp³-hybridized carbons (Fsp3) is 0.125. The number of amides is 3. The first kappa shape index (κ1) is 16.6. The first-order valence-corrected chi connectivity index (χ1v) is 7.22. The summed E-state index contributed by atoms with van der Waals surface area (Å²) in [5, 5.41) is 5.76. The van der Waals surface area contributed by atoms with Gasteiger partial charge < -0.3 is 21.1 Å². The normalized spacial score (nSPS) is 11.4. The maximum absolute atomic E-state index is 12.0. The largest absolute Gasteiger partial charge is 0.471 e. The molecule has 2 aromatic rings. The van der Waals surface area contributed by atoms with Gasteiger partial charge in [0, 0.05) is 5.02 Å². The van der Waals surface area contributed by atoms with E-state index in [0.717, 1.165) is 0 Å². The van der Waals surface area contributed by atoms with Gasteiger partial charge in [-0.15, -0.1) is 0 Å². The number of nitrogens with two attached hydrogens (primary N) is 1. The Balaban J connectivity index is 1.94. The predicted octanol–water partition coefficient (Wildman–Crippen LogP) is 2.99. The molecule has 7 heteroatoms. The van der Waals surface area contributed by atoms with Crippen LogP contribution < -0.4 is 21.1 Å². The monoisotopic (exact) mass is 333 g/mol. The third kappa shape index (κ3) is 4.89. The van der Waals surface area contributed by atoms with Crippen molar-refractivity contribution in [1.29, 1.82) is 0 Å². The van der Waals surface area contributed by atoms with Crippen molar-refractivity contribution >= 4 is 29.2 Å². The van der Waals surface area contributed by atoms with Crippen LogP contribution in [0.1, 0.15) is 17.3 Å². The second-order valence-corrected chi connectivity index (χ2v) is 5.16.